The molecule has 0 bridgehead atoms. The van der Waals surface area contributed by atoms with Crippen molar-refractivity contribution in [3.63, 3.8) is 0 Å². The summed E-state index contributed by atoms with van der Waals surface area (Å²) >= 11 is 0. The maximum Gasteiger partial charge on any atom is 0.250 e. The van der Waals surface area contributed by atoms with Gasteiger partial charge in [0.25, 0.3) is 0 Å². The number of carbonyl (C=O) groups excluding carboxylic acids is 2. The molecular weight excluding hydrogens is 294 g/mol. The molecule has 2 aliphatic rings. The Kier molecular flexibility index (Phi) is 4.81. The van der Waals surface area contributed by atoms with Crippen LogP contribution in [0.25, 0.3) is 0 Å². The molecule has 0 saturated carbocycles. The number of hydrogen-bond donors (Lipinski definition) is 1. The van der Waals surface area contributed by atoms with Crippen LogP contribution in [0.15, 0.2) is 24.3 Å². The van der Waals surface area contributed by atoms with Crippen molar-refractivity contribution in [2.45, 2.75) is 25.8 Å². The number of hydrogen-bond acceptors (Lipinski definition) is 4. The van der Waals surface area contributed by atoms with Crippen LogP contribution in [0.3, 0.4) is 0 Å². The van der Waals surface area contributed by atoms with Crippen molar-refractivity contribution in [2.24, 2.45) is 0 Å². The summed E-state index contributed by atoms with van der Waals surface area (Å²) in [6.45, 7) is 4.47. The van der Waals surface area contributed by atoms with Gasteiger partial charge < -0.3 is 15.0 Å². The topological polar surface area (TPSA) is 61.9 Å². The Morgan fingerprint density at radius 2 is 2.04 bits per heavy atom. The summed E-state index contributed by atoms with van der Waals surface area (Å²) in [5.74, 6) is -0.0410. The number of benzene rings is 1. The van der Waals surface area contributed by atoms with E-state index in [1.54, 1.807) is 9.80 Å². The molecule has 1 aromatic rings. The Morgan fingerprint density at radius 3 is 2.78 bits per heavy atom. The second-order valence-electron chi connectivity index (χ2n) is 5.92. The monoisotopic (exact) mass is 317 g/mol. The molecule has 1 N–H and O–H groups in total. The number of rotatable bonds is 4. The molecule has 124 valence electrons. The molecule has 1 unspecified atom stereocenters. The smallest absolute Gasteiger partial charge is 0.250 e. The van der Waals surface area contributed by atoms with Crippen molar-refractivity contribution in [1.29, 1.82) is 0 Å². The number of nitrogens with zero attached hydrogens (tertiary/aromatic N) is 2. The van der Waals surface area contributed by atoms with E-state index in [-0.39, 0.29) is 24.4 Å². The Morgan fingerprint density at radius 1 is 1.30 bits per heavy atom. The number of anilines is 2. The molecule has 1 atom stereocenters. The zero-order valence-electron chi connectivity index (χ0n) is 13.5. The van der Waals surface area contributed by atoms with Crippen LogP contribution in [0.5, 0.6) is 0 Å². The van der Waals surface area contributed by atoms with Gasteiger partial charge in [0.15, 0.2) is 0 Å². The van der Waals surface area contributed by atoms with Crippen molar-refractivity contribution >= 4 is 23.2 Å². The van der Waals surface area contributed by atoms with Gasteiger partial charge in [-0.2, -0.15) is 0 Å². The number of nitrogens with one attached hydrogen (secondary N) is 1. The Hall–Kier alpha value is -2.08. The second kappa shape index (κ2) is 7.00. The van der Waals surface area contributed by atoms with Gasteiger partial charge in [-0.1, -0.05) is 25.5 Å². The molecule has 0 aromatic heterocycles. The lowest BCUT2D eigenvalue weighted by atomic mass is 10.0. The van der Waals surface area contributed by atoms with E-state index in [1.165, 1.54) is 0 Å². The summed E-state index contributed by atoms with van der Waals surface area (Å²) in [4.78, 5) is 28.7. The van der Waals surface area contributed by atoms with Crippen LogP contribution in [-0.2, 0) is 14.3 Å². The fourth-order valence-electron chi connectivity index (χ4n) is 3.08. The van der Waals surface area contributed by atoms with Crippen LogP contribution >= 0.6 is 0 Å². The quantitative estimate of drug-likeness (QED) is 0.913. The summed E-state index contributed by atoms with van der Waals surface area (Å²) in [6, 6.07) is 7.41. The predicted octanol–water partition coefficient (Wildman–Crippen LogP) is 1.47. The number of para-hydroxylation sites is 2. The van der Waals surface area contributed by atoms with Crippen LogP contribution < -0.4 is 10.2 Å². The first-order valence-electron chi connectivity index (χ1n) is 8.23. The minimum absolute atomic E-state index is 0.0198. The van der Waals surface area contributed by atoms with Crippen LogP contribution in [0.2, 0.25) is 0 Å². The molecule has 2 amide bonds. The maximum absolute atomic E-state index is 12.8. The van der Waals surface area contributed by atoms with E-state index >= 15 is 0 Å². The SMILES string of the molecule is CCCC1Nc2ccccc2N(CC(=O)N2CCOCC2)C1=O. The summed E-state index contributed by atoms with van der Waals surface area (Å²) in [5, 5.41) is 3.29. The maximum atomic E-state index is 12.8. The molecule has 6 nitrogen and oxygen atoms in total. The predicted molar refractivity (Wildman–Crippen MR) is 88.5 cm³/mol. The van der Waals surface area contributed by atoms with Crippen molar-refractivity contribution < 1.29 is 14.3 Å². The highest BCUT2D eigenvalue weighted by molar-refractivity contribution is 6.07. The summed E-state index contributed by atoms with van der Waals surface area (Å²) in [7, 11) is 0. The van der Waals surface area contributed by atoms with E-state index in [0.29, 0.717) is 26.3 Å². The summed E-state index contributed by atoms with van der Waals surface area (Å²) < 4.78 is 5.28. The summed E-state index contributed by atoms with van der Waals surface area (Å²) in [6.07, 6.45) is 1.67. The lowest BCUT2D eigenvalue weighted by Crippen LogP contribution is -2.52. The lowest BCUT2D eigenvalue weighted by molar-refractivity contribution is -0.135. The number of ether oxygens (including phenoxy) is 1. The Bertz CT molecular complexity index is 584. The van der Waals surface area contributed by atoms with Crippen molar-refractivity contribution in [3.05, 3.63) is 24.3 Å². The van der Waals surface area contributed by atoms with Gasteiger partial charge in [0.05, 0.1) is 24.6 Å². The largest absolute Gasteiger partial charge is 0.378 e. The van der Waals surface area contributed by atoms with E-state index in [2.05, 4.69) is 12.2 Å². The molecule has 6 heteroatoms. The lowest BCUT2D eigenvalue weighted by Gasteiger charge is -2.36. The molecule has 1 fully saturated rings. The fraction of sp³-hybridized carbons (Fsp3) is 0.529. The molecule has 1 saturated heterocycles. The first kappa shape index (κ1) is 15.8. The van der Waals surface area contributed by atoms with Gasteiger partial charge in [0.1, 0.15) is 12.6 Å². The van der Waals surface area contributed by atoms with Crippen molar-refractivity contribution in [3.8, 4) is 0 Å². The molecule has 2 heterocycles. The van der Waals surface area contributed by atoms with E-state index in [1.807, 2.05) is 24.3 Å². The second-order valence-corrected chi connectivity index (χ2v) is 5.92. The minimum atomic E-state index is -0.257. The highest BCUT2D eigenvalue weighted by atomic mass is 16.5. The molecule has 3 rings (SSSR count). The third-order valence-electron chi connectivity index (χ3n) is 4.32. The van der Waals surface area contributed by atoms with Crippen LogP contribution in [-0.4, -0.2) is 55.6 Å². The average Bonchev–Trinajstić information content (AvgIpc) is 2.59. The summed E-state index contributed by atoms with van der Waals surface area (Å²) in [5.41, 5.74) is 1.70. The molecular formula is C17H23N3O3. The normalized spacial score (nSPS) is 20.9. The number of amides is 2. The molecule has 0 spiro atoms. The van der Waals surface area contributed by atoms with Gasteiger partial charge in [0.2, 0.25) is 11.8 Å². The number of carbonyl (C=O) groups is 2. The van der Waals surface area contributed by atoms with Crippen LogP contribution in [0.4, 0.5) is 11.4 Å². The molecule has 1 aromatic carbocycles. The van der Waals surface area contributed by atoms with Crippen LogP contribution in [0.1, 0.15) is 19.8 Å². The third-order valence-corrected chi connectivity index (χ3v) is 4.32. The van der Waals surface area contributed by atoms with Gasteiger partial charge in [-0.25, -0.2) is 0 Å². The number of fused-ring (bicyclic) bond motifs is 1. The molecule has 2 aliphatic heterocycles. The first-order valence-corrected chi connectivity index (χ1v) is 8.23. The van der Waals surface area contributed by atoms with Gasteiger partial charge in [-0.15, -0.1) is 0 Å². The number of morpholine rings is 1. The van der Waals surface area contributed by atoms with E-state index in [4.69, 9.17) is 4.74 Å². The van der Waals surface area contributed by atoms with Gasteiger partial charge >= 0.3 is 0 Å². The minimum Gasteiger partial charge on any atom is -0.378 e. The highest BCUT2D eigenvalue weighted by Gasteiger charge is 2.33. The van der Waals surface area contributed by atoms with Crippen molar-refractivity contribution in [2.75, 3.05) is 43.1 Å². The highest BCUT2D eigenvalue weighted by Crippen LogP contribution is 2.32. The van der Waals surface area contributed by atoms with Gasteiger partial charge in [-0.05, 0) is 18.6 Å². The zero-order chi connectivity index (χ0) is 16.2. The molecule has 23 heavy (non-hydrogen) atoms. The van der Waals surface area contributed by atoms with E-state index < -0.39 is 0 Å². The zero-order valence-corrected chi connectivity index (χ0v) is 13.5. The molecule has 0 aliphatic carbocycles. The first-order chi connectivity index (χ1) is 11.2. The van der Waals surface area contributed by atoms with Crippen molar-refractivity contribution in [1.82, 2.24) is 4.90 Å². The van der Waals surface area contributed by atoms with E-state index in [0.717, 1.165) is 24.2 Å². The average molecular weight is 317 g/mol. The standard InChI is InChI=1S/C17H23N3O3/c1-2-5-14-17(22)20(15-7-4-3-6-13(15)18-14)12-16(21)19-8-10-23-11-9-19/h3-4,6-7,14,18H,2,5,8-12H2,1H3. The third kappa shape index (κ3) is 3.32. The van der Waals surface area contributed by atoms with Gasteiger partial charge in [-0.3, -0.25) is 14.5 Å². The Balaban J connectivity index is 1.80. The van der Waals surface area contributed by atoms with Crippen LogP contribution in [0, 0.1) is 0 Å². The van der Waals surface area contributed by atoms with E-state index in [9.17, 15) is 9.59 Å². The molecule has 0 radical (unpaired) electrons. The van der Waals surface area contributed by atoms with Gasteiger partial charge in [0, 0.05) is 13.1 Å². The fourth-order valence-corrected chi connectivity index (χ4v) is 3.08. The Labute approximate surface area is 136 Å².